The van der Waals surface area contributed by atoms with Gasteiger partial charge >= 0.3 is 6.18 Å². The third-order valence-corrected chi connectivity index (χ3v) is 6.38. The summed E-state index contributed by atoms with van der Waals surface area (Å²) in [6, 6.07) is 3.88. The third kappa shape index (κ3) is 3.74. The van der Waals surface area contributed by atoms with Gasteiger partial charge in [-0.2, -0.15) is 13.2 Å². The molecule has 160 valence electrons. The summed E-state index contributed by atoms with van der Waals surface area (Å²) in [4.78, 5) is 20.4. The van der Waals surface area contributed by atoms with E-state index in [4.69, 9.17) is 0 Å². The molecule has 0 saturated carbocycles. The first-order valence-corrected chi connectivity index (χ1v) is 10.7. The van der Waals surface area contributed by atoms with Gasteiger partial charge in [-0.3, -0.25) is 4.98 Å². The number of rotatable bonds is 4. The van der Waals surface area contributed by atoms with E-state index in [1.54, 1.807) is 6.07 Å². The number of alkyl halides is 3. The molecule has 12 heteroatoms. The highest BCUT2D eigenvalue weighted by Gasteiger charge is 2.32. The van der Waals surface area contributed by atoms with Gasteiger partial charge in [0.25, 0.3) is 0 Å². The van der Waals surface area contributed by atoms with Gasteiger partial charge in [0.05, 0.1) is 16.2 Å². The normalized spacial score (nSPS) is 12.4. The van der Waals surface area contributed by atoms with Gasteiger partial charge in [-0.25, -0.2) is 28.4 Å². The van der Waals surface area contributed by atoms with E-state index in [0.717, 1.165) is 6.07 Å². The summed E-state index contributed by atoms with van der Waals surface area (Å²) >= 11 is 0. The predicted molar refractivity (Wildman–Crippen MR) is 105 cm³/mol. The average molecular weight is 448 g/mol. The van der Waals surface area contributed by atoms with Crippen molar-refractivity contribution in [3.05, 3.63) is 48.5 Å². The summed E-state index contributed by atoms with van der Waals surface area (Å²) in [5.74, 6) is 0.159. The maximum atomic E-state index is 13.0. The number of aryl methyl sites for hydroxylation is 1. The van der Waals surface area contributed by atoms with Gasteiger partial charge in [0.15, 0.2) is 27.1 Å². The Bertz CT molecular complexity index is 1390. The topological polar surface area (TPSA) is 104 Å². The van der Waals surface area contributed by atoms with Crippen LogP contribution in [0.1, 0.15) is 12.5 Å². The van der Waals surface area contributed by atoms with Crippen molar-refractivity contribution in [1.29, 1.82) is 0 Å². The lowest BCUT2D eigenvalue weighted by atomic mass is 10.2. The van der Waals surface area contributed by atoms with Crippen molar-refractivity contribution in [3.63, 3.8) is 0 Å². The van der Waals surface area contributed by atoms with Crippen LogP contribution in [0.15, 0.2) is 47.9 Å². The van der Waals surface area contributed by atoms with E-state index >= 15 is 0 Å². The molecule has 31 heavy (non-hydrogen) atoms. The number of hydrogen-bond donors (Lipinski definition) is 0. The zero-order valence-electron chi connectivity index (χ0n) is 16.3. The molecule has 0 aliphatic heterocycles. The fourth-order valence-corrected chi connectivity index (χ4v) is 4.07. The van der Waals surface area contributed by atoms with Crippen LogP contribution in [0.4, 0.5) is 13.2 Å². The maximum Gasteiger partial charge on any atom is 0.417 e. The van der Waals surface area contributed by atoms with Crippen LogP contribution in [-0.2, 0) is 23.1 Å². The standard InChI is InChI=1S/C19H15F3N6O2S/c1-3-31(29,30)14-7-11(16-23-5-4-6-24-16)9-25-15(14)18-27-13-8-12(19(20,21)22)10-26-17(13)28(18)2/h4-10H,3H2,1-2H3. The number of nitrogens with zero attached hydrogens (tertiary/aromatic N) is 6. The van der Waals surface area contributed by atoms with Crippen LogP contribution in [0.5, 0.6) is 0 Å². The lowest BCUT2D eigenvalue weighted by Gasteiger charge is -2.10. The zero-order valence-corrected chi connectivity index (χ0v) is 17.1. The number of fused-ring (bicyclic) bond motifs is 1. The second kappa shape index (κ2) is 7.38. The summed E-state index contributed by atoms with van der Waals surface area (Å²) in [5.41, 5.74) is -0.414. The summed E-state index contributed by atoms with van der Waals surface area (Å²) in [6.45, 7) is 1.48. The Labute approximate surface area is 174 Å². The van der Waals surface area contributed by atoms with Gasteiger partial charge in [0.2, 0.25) is 0 Å². The second-order valence-electron chi connectivity index (χ2n) is 6.61. The second-order valence-corrected chi connectivity index (χ2v) is 8.85. The van der Waals surface area contributed by atoms with Gasteiger partial charge in [0, 0.05) is 37.4 Å². The van der Waals surface area contributed by atoms with Crippen LogP contribution in [0.2, 0.25) is 0 Å². The Balaban J connectivity index is 1.95. The summed E-state index contributed by atoms with van der Waals surface area (Å²) < 4.78 is 66.1. The molecule has 0 radical (unpaired) electrons. The van der Waals surface area contributed by atoms with Crippen molar-refractivity contribution in [2.24, 2.45) is 7.05 Å². The van der Waals surface area contributed by atoms with Gasteiger partial charge in [-0.15, -0.1) is 0 Å². The molecule has 4 heterocycles. The zero-order chi connectivity index (χ0) is 22.4. The van der Waals surface area contributed by atoms with Crippen molar-refractivity contribution in [2.75, 3.05) is 5.75 Å². The first kappa shape index (κ1) is 20.8. The lowest BCUT2D eigenvalue weighted by Crippen LogP contribution is -2.09. The van der Waals surface area contributed by atoms with Crippen LogP contribution < -0.4 is 0 Å². The SMILES string of the molecule is CCS(=O)(=O)c1cc(-c2ncccn2)cnc1-c1nc2cc(C(F)(F)F)cnc2n1C. The Morgan fingerprint density at radius 2 is 1.74 bits per heavy atom. The number of pyridine rings is 2. The fraction of sp³-hybridized carbons (Fsp3) is 0.211. The molecular formula is C19H15F3N6O2S. The molecule has 0 bridgehead atoms. The highest BCUT2D eigenvalue weighted by atomic mass is 32.2. The predicted octanol–water partition coefficient (Wildman–Crippen LogP) is 3.30. The summed E-state index contributed by atoms with van der Waals surface area (Å²) in [5, 5.41) is 0. The van der Waals surface area contributed by atoms with E-state index in [9.17, 15) is 21.6 Å². The molecule has 8 nitrogen and oxygen atoms in total. The molecule has 0 saturated heterocycles. The summed E-state index contributed by atoms with van der Waals surface area (Å²) in [7, 11) is -2.23. The first-order valence-electron chi connectivity index (χ1n) is 9.02. The molecule has 4 aromatic heterocycles. The molecule has 0 aliphatic carbocycles. The largest absolute Gasteiger partial charge is 0.417 e. The minimum Gasteiger partial charge on any atom is -0.310 e. The molecule has 0 atom stereocenters. The van der Waals surface area contributed by atoms with E-state index in [0.29, 0.717) is 11.8 Å². The molecule has 0 N–H and O–H groups in total. The molecular weight excluding hydrogens is 433 g/mol. The summed E-state index contributed by atoms with van der Waals surface area (Å²) in [6.07, 6.45) is 0.554. The van der Waals surface area contributed by atoms with Gasteiger partial charge < -0.3 is 4.57 Å². The minimum atomic E-state index is -4.58. The maximum absolute atomic E-state index is 13.0. The van der Waals surface area contributed by atoms with Crippen LogP contribution in [0, 0.1) is 0 Å². The van der Waals surface area contributed by atoms with Crippen LogP contribution in [0.3, 0.4) is 0 Å². The van der Waals surface area contributed by atoms with Gasteiger partial charge in [-0.05, 0) is 18.2 Å². The number of sulfone groups is 1. The van der Waals surface area contributed by atoms with E-state index in [2.05, 4.69) is 24.9 Å². The Hall–Kier alpha value is -3.41. The lowest BCUT2D eigenvalue weighted by molar-refractivity contribution is -0.137. The molecule has 4 aromatic rings. The van der Waals surface area contributed by atoms with Crippen LogP contribution in [0.25, 0.3) is 34.1 Å². The molecule has 0 aromatic carbocycles. The quantitative estimate of drug-likeness (QED) is 0.472. The Morgan fingerprint density at radius 3 is 2.39 bits per heavy atom. The van der Waals surface area contributed by atoms with E-state index in [-0.39, 0.29) is 39.2 Å². The van der Waals surface area contributed by atoms with Crippen molar-refractivity contribution >= 4 is 21.0 Å². The molecule has 0 amide bonds. The Morgan fingerprint density at radius 1 is 1.03 bits per heavy atom. The highest BCUT2D eigenvalue weighted by Crippen LogP contribution is 2.33. The molecule has 0 spiro atoms. The van der Waals surface area contributed by atoms with Crippen molar-refractivity contribution in [3.8, 4) is 22.9 Å². The smallest absolute Gasteiger partial charge is 0.310 e. The first-order chi connectivity index (χ1) is 14.6. The van der Waals surface area contributed by atoms with E-state index in [1.807, 2.05) is 0 Å². The molecule has 0 fully saturated rings. The van der Waals surface area contributed by atoms with E-state index < -0.39 is 21.6 Å². The number of halogens is 3. The van der Waals surface area contributed by atoms with Crippen molar-refractivity contribution in [1.82, 2.24) is 29.5 Å². The fourth-order valence-electron chi connectivity index (χ4n) is 3.02. The van der Waals surface area contributed by atoms with Gasteiger partial charge in [0.1, 0.15) is 11.2 Å². The molecule has 0 aliphatic rings. The average Bonchev–Trinajstić information content (AvgIpc) is 3.09. The van der Waals surface area contributed by atoms with Crippen LogP contribution >= 0.6 is 0 Å². The monoisotopic (exact) mass is 448 g/mol. The van der Waals surface area contributed by atoms with Gasteiger partial charge in [-0.1, -0.05) is 6.92 Å². The van der Waals surface area contributed by atoms with Crippen LogP contribution in [-0.4, -0.2) is 43.7 Å². The Kier molecular flexibility index (Phi) is 4.96. The third-order valence-electron chi connectivity index (χ3n) is 4.64. The van der Waals surface area contributed by atoms with Crippen molar-refractivity contribution < 1.29 is 21.6 Å². The number of aromatic nitrogens is 6. The highest BCUT2D eigenvalue weighted by molar-refractivity contribution is 7.91. The molecule has 0 unspecified atom stereocenters. The van der Waals surface area contributed by atoms with Crippen molar-refractivity contribution in [2.45, 2.75) is 18.0 Å². The van der Waals surface area contributed by atoms with E-state index in [1.165, 1.54) is 43.2 Å². The number of imidazole rings is 1. The number of hydrogen-bond acceptors (Lipinski definition) is 7. The minimum absolute atomic E-state index is 0.00981. The molecule has 4 rings (SSSR count).